The predicted octanol–water partition coefficient (Wildman–Crippen LogP) is 3.71. The summed E-state index contributed by atoms with van der Waals surface area (Å²) in [7, 11) is 1.65. The summed E-state index contributed by atoms with van der Waals surface area (Å²) >= 11 is 1.71. The third-order valence-electron chi connectivity index (χ3n) is 5.65. The van der Waals surface area contributed by atoms with Crippen molar-refractivity contribution in [1.82, 2.24) is 0 Å². The van der Waals surface area contributed by atoms with E-state index in [0.717, 1.165) is 29.1 Å². The van der Waals surface area contributed by atoms with Crippen LogP contribution in [0.2, 0.25) is 0 Å². The molecule has 0 unspecified atom stereocenters. The average molecular weight is 479 g/mol. The number of ether oxygens (including phenoxy) is 2. The first-order valence-corrected chi connectivity index (χ1v) is 12.9. The normalized spacial score (nSPS) is 21.8. The molecular formula is C26H38O6S. The molecule has 2 N–H and O–H groups in total. The lowest BCUT2D eigenvalue weighted by Gasteiger charge is -2.18. The van der Waals surface area contributed by atoms with Gasteiger partial charge in [-0.15, -0.1) is 0 Å². The molecule has 1 aromatic carbocycles. The third kappa shape index (κ3) is 10.0. The summed E-state index contributed by atoms with van der Waals surface area (Å²) in [5.74, 6) is 1.04. The molecule has 33 heavy (non-hydrogen) atoms. The van der Waals surface area contributed by atoms with Gasteiger partial charge in [-0.2, -0.15) is 11.8 Å². The number of carbonyl (C=O) groups is 2. The number of thioether (sulfide) groups is 1. The zero-order chi connectivity index (χ0) is 24.2. The van der Waals surface area contributed by atoms with Gasteiger partial charge in [-0.3, -0.25) is 9.59 Å². The van der Waals surface area contributed by atoms with Gasteiger partial charge in [0.15, 0.2) is 0 Å². The average Bonchev–Trinajstić information content (AvgIpc) is 3.01. The van der Waals surface area contributed by atoms with Crippen LogP contribution >= 0.6 is 11.8 Å². The van der Waals surface area contributed by atoms with Crippen molar-refractivity contribution in [1.29, 1.82) is 0 Å². The van der Waals surface area contributed by atoms with Crippen molar-refractivity contribution in [2.24, 2.45) is 11.8 Å². The van der Waals surface area contributed by atoms with Crippen LogP contribution in [0.4, 0.5) is 0 Å². The fraction of sp³-hybridized carbons (Fsp3) is 0.615. The minimum atomic E-state index is -0.702. The Morgan fingerprint density at radius 1 is 1.27 bits per heavy atom. The Labute approximate surface area is 201 Å². The van der Waals surface area contributed by atoms with Gasteiger partial charge in [-0.05, 0) is 49.3 Å². The summed E-state index contributed by atoms with van der Waals surface area (Å²) in [6.07, 6.45) is 4.51. The van der Waals surface area contributed by atoms with Gasteiger partial charge >= 0.3 is 5.97 Å². The van der Waals surface area contributed by atoms with Crippen molar-refractivity contribution in [3.8, 4) is 0 Å². The molecule has 0 aromatic heterocycles. The first-order chi connectivity index (χ1) is 15.8. The first kappa shape index (κ1) is 27.6. The van der Waals surface area contributed by atoms with Gasteiger partial charge in [0.25, 0.3) is 0 Å². The molecule has 0 amide bonds. The molecule has 0 spiro atoms. The summed E-state index contributed by atoms with van der Waals surface area (Å²) in [5.41, 5.74) is 2.06. The third-order valence-corrected chi connectivity index (χ3v) is 6.75. The summed E-state index contributed by atoms with van der Waals surface area (Å²) in [5, 5.41) is 20.8. The molecule has 1 aromatic rings. The highest BCUT2D eigenvalue weighted by atomic mass is 32.2. The van der Waals surface area contributed by atoms with Gasteiger partial charge < -0.3 is 19.7 Å². The molecule has 0 heterocycles. The minimum Gasteiger partial charge on any atom is -0.463 e. The van der Waals surface area contributed by atoms with E-state index < -0.39 is 12.2 Å². The SMILES string of the molecule is COCc1cccc(C[C@H](O)/C=C/[C@H]2[C@H](O)CC(=O)[C@@H]2CCSCCCC(=O)OC(C)C)c1. The molecule has 0 bridgehead atoms. The Morgan fingerprint density at radius 3 is 2.76 bits per heavy atom. The van der Waals surface area contributed by atoms with E-state index in [0.29, 0.717) is 25.9 Å². The highest BCUT2D eigenvalue weighted by Gasteiger charge is 2.39. The van der Waals surface area contributed by atoms with Crippen molar-refractivity contribution in [2.75, 3.05) is 18.6 Å². The summed E-state index contributed by atoms with van der Waals surface area (Å²) in [6, 6.07) is 7.90. The Bertz CT molecular complexity index is 778. The van der Waals surface area contributed by atoms with Crippen molar-refractivity contribution < 1.29 is 29.3 Å². The maximum absolute atomic E-state index is 12.4. The monoisotopic (exact) mass is 478 g/mol. The standard InChI is InChI=1S/C26H38O6S/c1-18(2)32-26(30)8-5-12-33-13-11-23-22(24(28)16-25(23)29)10-9-21(27)15-19-6-4-7-20(14-19)17-31-3/h4,6-7,9-10,14,18,21-24,27-28H,5,8,11-13,15-17H2,1-3H3/b10-9+/t21-,22-,23-,24-/m1/s1. The van der Waals surface area contributed by atoms with E-state index in [2.05, 4.69) is 0 Å². The Kier molecular flexibility index (Phi) is 12.2. The molecule has 1 saturated carbocycles. The van der Waals surface area contributed by atoms with Gasteiger partial charge in [-0.1, -0.05) is 36.4 Å². The fourth-order valence-electron chi connectivity index (χ4n) is 4.12. The van der Waals surface area contributed by atoms with Crippen molar-refractivity contribution in [2.45, 2.75) is 70.9 Å². The minimum absolute atomic E-state index is 0.0833. The molecule has 6 nitrogen and oxygen atoms in total. The molecule has 184 valence electrons. The number of Topliss-reactive ketones (excluding diaryl/α,β-unsaturated/α-hetero) is 1. The quantitative estimate of drug-likeness (QED) is 0.239. The van der Waals surface area contributed by atoms with Gasteiger partial charge in [0.2, 0.25) is 0 Å². The largest absolute Gasteiger partial charge is 0.463 e. The number of aliphatic hydroxyl groups excluding tert-OH is 2. The smallest absolute Gasteiger partial charge is 0.306 e. The second kappa shape index (κ2) is 14.6. The van der Waals surface area contributed by atoms with Crippen LogP contribution in [0.15, 0.2) is 36.4 Å². The van der Waals surface area contributed by atoms with Crippen LogP contribution in [0.25, 0.3) is 0 Å². The van der Waals surface area contributed by atoms with E-state index in [1.165, 1.54) is 0 Å². The molecule has 1 fully saturated rings. The van der Waals surface area contributed by atoms with Gasteiger partial charge in [0.1, 0.15) is 5.78 Å². The molecule has 1 aliphatic rings. The highest BCUT2D eigenvalue weighted by Crippen LogP contribution is 2.34. The first-order valence-electron chi connectivity index (χ1n) is 11.7. The highest BCUT2D eigenvalue weighted by molar-refractivity contribution is 7.99. The Morgan fingerprint density at radius 2 is 2.03 bits per heavy atom. The summed E-state index contributed by atoms with van der Waals surface area (Å²) < 4.78 is 10.3. The molecule has 1 aliphatic carbocycles. The fourth-order valence-corrected chi connectivity index (χ4v) is 5.10. The maximum atomic E-state index is 12.4. The number of esters is 1. The van der Waals surface area contributed by atoms with Crippen molar-refractivity contribution in [3.05, 3.63) is 47.5 Å². The molecule has 0 aliphatic heterocycles. The molecule has 7 heteroatoms. The zero-order valence-electron chi connectivity index (χ0n) is 19.9. The van der Waals surface area contributed by atoms with E-state index in [9.17, 15) is 19.8 Å². The Balaban J connectivity index is 1.79. The maximum Gasteiger partial charge on any atom is 0.306 e. The number of rotatable bonds is 14. The van der Waals surface area contributed by atoms with Gasteiger partial charge in [0, 0.05) is 38.2 Å². The van der Waals surface area contributed by atoms with Gasteiger partial charge in [-0.25, -0.2) is 0 Å². The lowest BCUT2D eigenvalue weighted by atomic mass is 9.91. The predicted molar refractivity (Wildman–Crippen MR) is 131 cm³/mol. The summed E-state index contributed by atoms with van der Waals surface area (Å²) in [4.78, 5) is 24.0. The summed E-state index contributed by atoms with van der Waals surface area (Å²) in [6.45, 7) is 4.20. The molecule has 0 saturated heterocycles. The van der Waals surface area contributed by atoms with Crippen LogP contribution in [0.1, 0.15) is 50.7 Å². The van der Waals surface area contributed by atoms with Crippen LogP contribution in [0.3, 0.4) is 0 Å². The van der Waals surface area contributed by atoms with Crippen molar-refractivity contribution >= 4 is 23.5 Å². The Hall–Kier alpha value is -1.67. The van der Waals surface area contributed by atoms with Crippen LogP contribution < -0.4 is 0 Å². The topological polar surface area (TPSA) is 93.1 Å². The molecular weight excluding hydrogens is 440 g/mol. The number of methoxy groups -OCH3 is 1. The van der Waals surface area contributed by atoms with E-state index in [4.69, 9.17) is 9.47 Å². The van der Waals surface area contributed by atoms with Crippen LogP contribution in [0, 0.1) is 11.8 Å². The van der Waals surface area contributed by atoms with Crippen molar-refractivity contribution in [3.63, 3.8) is 0 Å². The van der Waals surface area contributed by atoms with Crippen LogP contribution in [-0.2, 0) is 32.1 Å². The van der Waals surface area contributed by atoms with E-state index in [1.807, 2.05) is 44.2 Å². The second-order valence-corrected chi connectivity index (χ2v) is 10.1. The molecule has 0 radical (unpaired) electrons. The number of carbonyl (C=O) groups excluding carboxylic acids is 2. The van der Waals surface area contributed by atoms with E-state index in [-0.39, 0.29) is 36.1 Å². The number of aliphatic hydroxyl groups is 2. The number of ketones is 1. The van der Waals surface area contributed by atoms with Crippen LogP contribution in [-0.4, -0.2) is 58.9 Å². The van der Waals surface area contributed by atoms with Crippen LogP contribution in [0.5, 0.6) is 0 Å². The number of hydrogen-bond acceptors (Lipinski definition) is 7. The molecule has 4 atom stereocenters. The number of benzene rings is 1. The van der Waals surface area contributed by atoms with E-state index in [1.54, 1.807) is 24.9 Å². The lowest BCUT2D eigenvalue weighted by Crippen LogP contribution is -2.20. The zero-order valence-corrected chi connectivity index (χ0v) is 20.8. The van der Waals surface area contributed by atoms with Gasteiger partial charge in [0.05, 0.1) is 24.9 Å². The lowest BCUT2D eigenvalue weighted by molar-refractivity contribution is -0.147. The number of hydrogen-bond donors (Lipinski definition) is 2. The molecule has 2 rings (SSSR count). The second-order valence-electron chi connectivity index (χ2n) is 8.87. The van der Waals surface area contributed by atoms with E-state index >= 15 is 0 Å².